The summed E-state index contributed by atoms with van der Waals surface area (Å²) in [4.78, 5) is 4.19. The fourth-order valence-electron chi connectivity index (χ4n) is 3.87. The Balaban J connectivity index is 1.78. The van der Waals surface area contributed by atoms with Crippen LogP contribution in [0.2, 0.25) is 0 Å². The van der Waals surface area contributed by atoms with E-state index in [2.05, 4.69) is 48.5 Å². The zero-order valence-corrected chi connectivity index (χ0v) is 18.8. The summed E-state index contributed by atoms with van der Waals surface area (Å²) in [7, 11) is -3.57. The average molecular weight is 449 g/mol. The number of nitrogens with one attached hydrogen (secondary N) is 2. The molecule has 1 aromatic carbocycles. The second kappa shape index (κ2) is 10.00. The molecule has 0 amide bonds. The zero-order chi connectivity index (χ0) is 22.5. The van der Waals surface area contributed by atoms with Gasteiger partial charge in [-0.1, -0.05) is 17.7 Å². The van der Waals surface area contributed by atoms with Crippen molar-refractivity contribution < 1.29 is 21.6 Å². The molecule has 1 aliphatic heterocycles. The molecule has 30 heavy (non-hydrogen) atoms. The quantitative estimate of drug-likeness (QED) is 0.519. The van der Waals surface area contributed by atoms with Crippen LogP contribution in [0.15, 0.2) is 17.1 Å². The van der Waals surface area contributed by atoms with E-state index in [1.54, 1.807) is 7.05 Å². The van der Waals surface area contributed by atoms with Crippen LogP contribution in [-0.4, -0.2) is 57.4 Å². The lowest BCUT2D eigenvalue weighted by Gasteiger charge is -2.31. The highest BCUT2D eigenvalue weighted by Gasteiger charge is 2.50. The molecule has 10 heteroatoms. The summed E-state index contributed by atoms with van der Waals surface area (Å²) in [6, 6.07) is 4.33. The molecule has 0 saturated carbocycles. The van der Waals surface area contributed by atoms with Gasteiger partial charge in [0.15, 0.2) is 5.96 Å². The number of guanidine groups is 1. The van der Waals surface area contributed by atoms with Crippen LogP contribution in [0.3, 0.4) is 0 Å². The minimum Gasteiger partial charge on any atom is -0.356 e. The Bertz CT molecular complexity index is 838. The molecule has 6 nitrogen and oxygen atoms in total. The maximum absolute atomic E-state index is 12.7. The number of sulfonamides is 1. The molecule has 0 spiro atoms. The molecule has 0 bridgehead atoms. The van der Waals surface area contributed by atoms with Gasteiger partial charge in [-0.05, 0) is 62.6 Å². The molecule has 0 radical (unpaired) electrons. The third kappa shape index (κ3) is 6.10. The molecule has 0 aromatic heterocycles. The van der Waals surface area contributed by atoms with E-state index >= 15 is 0 Å². The SMILES string of the molecule is CN=C(NCCc1c(C)cc(C)cc1C)NCC1CCN(S(=O)(=O)C(F)(F)F)CC1. The lowest BCUT2D eigenvalue weighted by Crippen LogP contribution is -2.47. The number of hydrogen-bond acceptors (Lipinski definition) is 3. The van der Waals surface area contributed by atoms with Crippen LogP contribution < -0.4 is 10.6 Å². The first-order valence-electron chi connectivity index (χ1n) is 10.0. The molecule has 0 aliphatic carbocycles. The lowest BCUT2D eigenvalue weighted by atomic mass is 9.97. The summed E-state index contributed by atoms with van der Waals surface area (Å²) in [6.45, 7) is 7.28. The Labute approximate surface area is 177 Å². The first-order valence-corrected chi connectivity index (χ1v) is 11.5. The van der Waals surface area contributed by atoms with Gasteiger partial charge in [-0.25, -0.2) is 8.42 Å². The maximum Gasteiger partial charge on any atom is 0.511 e. The lowest BCUT2D eigenvalue weighted by molar-refractivity contribution is -0.0496. The van der Waals surface area contributed by atoms with Crippen molar-refractivity contribution >= 4 is 16.0 Å². The summed E-state index contributed by atoms with van der Waals surface area (Å²) < 4.78 is 61.5. The second-order valence-corrected chi connectivity index (χ2v) is 9.73. The van der Waals surface area contributed by atoms with Crippen molar-refractivity contribution in [1.82, 2.24) is 14.9 Å². The van der Waals surface area contributed by atoms with Gasteiger partial charge >= 0.3 is 15.5 Å². The minimum atomic E-state index is -5.24. The van der Waals surface area contributed by atoms with E-state index in [0.29, 0.717) is 36.2 Å². The highest BCUT2D eigenvalue weighted by molar-refractivity contribution is 7.90. The Kier molecular flexibility index (Phi) is 8.15. The summed E-state index contributed by atoms with van der Waals surface area (Å²) >= 11 is 0. The summed E-state index contributed by atoms with van der Waals surface area (Å²) in [5, 5.41) is 6.46. The smallest absolute Gasteiger partial charge is 0.356 e. The molecular formula is C20H31F3N4O2S. The van der Waals surface area contributed by atoms with Gasteiger partial charge in [0.2, 0.25) is 0 Å². The van der Waals surface area contributed by atoms with Crippen molar-refractivity contribution in [1.29, 1.82) is 0 Å². The molecule has 1 saturated heterocycles. The number of rotatable bonds is 6. The molecule has 1 heterocycles. The summed E-state index contributed by atoms with van der Waals surface area (Å²) in [5.74, 6) is 0.715. The number of hydrogen-bond donors (Lipinski definition) is 2. The van der Waals surface area contributed by atoms with E-state index in [1.165, 1.54) is 22.3 Å². The van der Waals surface area contributed by atoms with Crippen molar-refractivity contribution in [2.75, 3.05) is 33.2 Å². The van der Waals surface area contributed by atoms with Crippen molar-refractivity contribution in [3.05, 3.63) is 34.4 Å². The second-order valence-electron chi connectivity index (χ2n) is 7.80. The summed E-state index contributed by atoms with van der Waals surface area (Å²) in [5.41, 5.74) is -0.163. The normalized spacial score (nSPS) is 17.2. The topological polar surface area (TPSA) is 73.8 Å². The van der Waals surface area contributed by atoms with Crippen molar-refractivity contribution in [2.45, 2.75) is 45.5 Å². The molecule has 2 rings (SSSR count). The number of benzene rings is 1. The number of aryl methyl sites for hydroxylation is 3. The maximum atomic E-state index is 12.7. The van der Waals surface area contributed by atoms with E-state index in [4.69, 9.17) is 0 Å². The standard InChI is InChI=1S/C20H31F3N4O2S/c1-14-11-15(2)18(16(3)12-14)5-8-25-19(24-4)26-13-17-6-9-27(10-7-17)30(28,29)20(21,22)23/h11-12,17H,5-10,13H2,1-4H3,(H2,24,25,26). The van der Waals surface area contributed by atoms with Gasteiger partial charge in [0.1, 0.15) is 0 Å². The highest BCUT2D eigenvalue weighted by atomic mass is 32.2. The Hall–Kier alpha value is -1.81. The van der Waals surface area contributed by atoms with Gasteiger partial charge in [-0.15, -0.1) is 0 Å². The van der Waals surface area contributed by atoms with Gasteiger partial charge in [-0.3, -0.25) is 4.99 Å². The number of halogens is 3. The molecule has 2 N–H and O–H groups in total. The van der Waals surface area contributed by atoms with E-state index < -0.39 is 15.5 Å². The Morgan fingerprint density at radius 2 is 1.70 bits per heavy atom. The molecule has 0 atom stereocenters. The van der Waals surface area contributed by atoms with Crippen molar-refractivity contribution in [2.24, 2.45) is 10.9 Å². The summed E-state index contributed by atoms with van der Waals surface area (Å²) in [6.07, 6.45) is 1.61. The number of alkyl halides is 3. The average Bonchev–Trinajstić information content (AvgIpc) is 2.65. The first-order chi connectivity index (χ1) is 14.0. The molecule has 170 valence electrons. The van der Waals surface area contributed by atoms with Crippen LogP contribution in [-0.2, 0) is 16.4 Å². The molecule has 1 aromatic rings. The highest BCUT2D eigenvalue weighted by Crippen LogP contribution is 2.30. The fourth-order valence-corrected chi connectivity index (χ4v) is 4.86. The molecule has 1 aliphatic rings. The van der Waals surface area contributed by atoms with Crippen molar-refractivity contribution in [3.8, 4) is 0 Å². The fraction of sp³-hybridized carbons (Fsp3) is 0.650. The van der Waals surface area contributed by atoms with Crippen LogP contribution in [0.25, 0.3) is 0 Å². The zero-order valence-electron chi connectivity index (χ0n) is 17.9. The number of nitrogens with zero attached hydrogens (tertiary/aromatic N) is 2. The molecular weight excluding hydrogens is 417 g/mol. The van der Waals surface area contributed by atoms with Crippen LogP contribution in [0.4, 0.5) is 13.2 Å². The third-order valence-corrected chi connectivity index (χ3v) is 7.13. The van der Waals surface area contributed by atoms with E-state index in [1.807, 2.05) is 0 Å². The van der Waals surface area contributed by atoms with Gasteiger partial charge in [-0.2, -0.15) is 17.5 Å². The molecule has 0 unspecified atom stereocenters. The largest absolute Gasteiger partial charge is 0.511 e. The predicted octanol–water partition coefficient (Wildman–Crippen LogP) is 2.88. The van der Waals surface area contributed by atoms with Gasteiger partial charge < -0.3 is 10.6 Å². The monoisotopic (exact) mass is 448 g/mol. The van der Waals surface area contributed by atoms with E-state index in [9.17, 15) is 21.6 Å². The first kappa shape index (κ1) is 24.5. The van der Waals surface area contributed by atoms with Crippen LogP contribution >= 0.6 is 0 Å². The number of piperidine rings is 1. The Morgan fingerprint density at radius 3 is 2.20 bits per heavy atom. The molecule has 1 fully saturated rings. The van der Waals surface area contributed by atoms with Gasteiger partial charge in [0.05, 0.1) is 0 Å². The Morgan fingerprint density at radius 1 is 1.13 bits per heavy atom. The number of aliphatic imine (C=N–C) groups is 1. The van der Waals surface area contributed by atoms with Crippen LogP contribution in [0, 0.1) is 26.7 Å². The van der Waals surface area contributed by atoms with Gasteiger partial charge in [0.25, 0.3) is 0 Å². The van der Waals surface area contributed by atoms with Crippen LogP contribution in [0.5, 0.6) is 0 Å². The van der Waals surface area contributed by atoms with Crippen molar-refractivity contribution in [3.63, 3.8) is 0 Å². The minimum absolute atomic E-state index is 0.0878. The van der Waals surface area contributed by atoms with Gasteiger partial charge in [0, 0.05) is 33.2 Å². The predicted molar refractivity (Wildman–Crippen MR) is 113 cm³/mol. The van der Waals surface area contributed by atoms with Crippen LogP contribution in [0.1, 0.15) is 35.1 Å². The van der Waals surface area contributed by atoms with E-state index in [-0.39, 0.29) is 19.0 Å². The third-order valence-electron chi connectivity index (χ3n) is 5.50. The van der Waals surface area contributed by atoms with E-state index in [0.717, 1.165) is 6.42 Å².